The molecular weight excluding hydrogens is 404 g/mol. The molecule has 2 heterocycles. The van der Waals surface area contributed by atoms with Crippen LogP contribution >= 0.6 is 11.8 Å². The van der Waals surface area contributed by atoms with Crippen molar-refractivity contribution in [3.8, 4) is 5.75 Å². The molecule has 0 saturated carbocycles. The average Bonchev–Trinajstić information content (AvgIpc) is 3.23. The van der Waals surface area contributed by atoms with Gasteiger partial charge in [-0.25, -0.2) is 0 Å². The Bertz CT molecular complexity index is 1060. The minimum atomic E-state index is -0.711. The summed E-state index contributed by atoms with van der Waals surface area (Å²) in [5.74, 6) is -0.847. The molecule has 0 bridgehead atoms. The second-order valence-electron chi connectivity index (χ2n) is 7.02. The second kappa shape index (κ2) is 9.67. The van der Waals surface area contributed by atoms with E-state index in [1.165, 1.54) is 24.9 Å². The summed E-state index contributed by atoms with van der Waals surface area (Å²) in [6.07, 6.45) is 1.52. The first-order valence-corrected chi connectivity index (χ1v) is 10.5. The van der Waals surface area contributed by atoms with Gasteiger partial charge in [-0.3, -0.25) is 14.3 Å². The minimum absolute atomic E-state index is 0.0147. The molecule has 3 rings (SSSR count). The molecule has 1 aromatic carbocycles. The Morgan fingerprint density at radius 2 is 2.00 bits per heavy atom. The van der Waals surface area contributed by atoms with Gasteiger partial charge >= 0.3 is 5.97 Å². The van der Waals surface area contributed by atoms with Crippen LogP contribution in [0.4, 0.5) is 0 Å². The number of thioether (sulfide) groups is 1. The Kier molecular flexibility index (Phi) is 6.99. The predicted octanol–water partition coefficient (Wildman–Crippen LogP) is 4.11. The zero-order valence-corrected chi connectivity index (χ0v) is 17.9. The van der Waals surface area contributed by atoms with Crippen LogP contribution in [0.5, 0.6) is 5.75 Å². The maximum atomic E-state index is 12.5. The van der Waals surface area contributed by atoms with Crippen LogP contribution in [0.1, 0.15) is 49.4 Å². The van der Waals surface area contributed by atoms with Gasteiger partial charge in [-0.05, 0) is 32.0 Å². The van der Waals surface area contributed by atoms with E-state index < -0.39 is 23.1 Å². The van der Waals surface area contributed by atoms with E-state index in [9.17, 15) is 14.7 Å². The van der Waals surface area contributed by atoms with Gasteiger partial charge in [0.1, 0.15) is 5.76 Å². The quantitative estimate of drug-likeness (QED) is 0.426. The van der Waals surface area contributed by atoms with Gasteiger partial charge in [0.15, 0.2) is 5.76 Å². The van der Waals surface area contributed by atoms with Crippen molar-refractivity contribution in [2.75, 3.05) is 7.11 Å². The summed E-state index contributed by atoms with van der Waals surface area (Å²) in [5, 5.41) is 14.8. The molecule has 0 aliphatic carbocycles. The highest BCUT2D eigenvalue weighted by Gasteiger charge is 2.29. The molecule has 7 nitrogen and oxygen atoms in total. The van der Waals surface area contributed by atoms with E-state index in [1.54, 1.807) is 16.9 Å². The normalized spacial score (nSPS) is 12.1. The van der Waals surface area contributed by atoms with E-state index in [4.69, 9.17) is 9.15 Å². The Labute approximate surface area is 178 Å². The fourth-order valence-electron chi connectivity index (χ4n) is 3.15. The fourth-order valence-corrected chi connectivity index (χ4v) is 3.95. The van der Waals surface area contributed by atoms with Crippen molar-refractivity contribution < 1.29 is 19.1 Å². The number of aromatic nitrogens is 2. The van der Waals surface area contributed by atoms with Gasteiger partial charge in [0.25, 0.3) is 0 Å². The molecule has 158 valence electrons. The lowest BCUT2D eigenvalue weighted by Crippen LogP contribution is -2.18. The predicted molar refractivity (Wildman–Crippen MR) is 114 cm³/mol. The van der Waals surface area contributed by atoms with Crippen LogP contribution in [-0.2, 0) is 15.3 Å². The van der Waals surface area contributed by atoms with Gasteiger partial charge in [-0.2, -0.15) is 5.10 Å². The van der Waals surface area contributed by atoms with Crippen molar-refractivity contribution in [3.63, 3.8) is 0 Å². The summed E-state index contributed by atoms with van der Waals surface area (Å²) >= 11 is 1.51. The summed E-state index contributed by atoms with van der Waals surface area (Å²) < 4.78 is 12.5. The summed E-state index contributed by atoms with van der Waals surface area (Å²) in [4.78, 5) is 25.6. The van der Waals surface area contributed by atoms with Gasteiger partial charge in [-0.15, -0.1) is 11.8 Å². The zero-order chi connectivity index (χ0) is 21.7. The Morgan fingerprint density at radius 1 is 1.27 bits per heavy atom. The highest BCUT2D eigenvalue weighted by Crippen LogP contribution is 2.35. The van der Waals surface area contributed by atoms with E-state index >= 15 is 0 Å². The summed E-state index contributed by atoms with van der Waals surface area (Å²) in [7, 11) is 1.29. The molecule has 0 unspecified atom stereocenters. The van der Waals surface area contributed by atoms with E-state index in [1.807, 2.05) is 44.2 Å². The molecule has 1 N–H and O–H groups in total. The van der Waals surface area contributed by atoms with Crippen LogP contribution in [0.25, 0.3) is 0 Å². The molecule has 1 atom stereocenters. The number of ether oxygens (including phenoxy) is 1. The Hall–Kier alpha value is -3.00. The first-order chi connectivity index (χ1) is 14.4. The highest BCUT2D eigenvalue weighted by molar-refractivity contribution is 7.98. The van der Waals surface area contributed by atoms with Crippen LogP contribution in [0.3, 0.4) is 0 Å². The SMILES string of the molecule is COC(=O)C[C@@H](c1oc(CSc2ccccc2)cc(=O)c1O)c1ccnn1C(C)C. The number of hydrogen-bond acceptors (Lipinski definition) is 7. The number of carbonyl (C=O) groups excluding carboxylic acids is 1. The molecule has 0 radical (unpaired) electrons. The van der Waals surface area contributed by atoms with E-state index in [2.05, 4.69) is 5.10 Å². The molecule has 2 aromatic heterocycles. The smallest absolute Gasteiger partial charge is 0.306 e. The summed E-state index contributed by atoms with van der Waals surface area (Å²) in [6, 6.07) is 12.8. The maximum absolute atomic E-state index is 12.5. The number of hydrogen-bond donors (Lipinski definition) is 1. The number of benzene rings is 1. The van der Waals surface area contributed by atoms with Crippen LogP contribution in [0.15, 0.2) is 62.8 Å². The maximum Gasteiger partial charge on any atom is 0.306 e. The van der Waals surface area contributed by atoms with Gasteiger partial charge in [-0.1, -0.05) is 18.2 Å². The van der Waals surface area contributed by atoms with Gasteiger partial charge in [0.2, 0.25) is 11.2 Å². The Balaban J connectivity index is 2.01. The van der Waals surface area contributed by atoms with Crippen molar-refractivity contribution >= 4 is 17.7 Å². The minimum Gasteiger partial charge on any atom is -0.502 e. The molecule has 0 saturated heterocycles. The first kappa shape index (κ1) is 21.7. The van der Waals surface area contributed by atoms with Crippen LogP contribution in [0.2, 0.25) is 0 Å². The highest BCUT2D eigenvalue weighted by atomic mass is 32.2. The standard InChI is InChI=1S/C22H24N2O5S/c1-14(2)24-18(9-10-23-24)17(12-20(26)28-3)22-21(27)19(25)11-15(29-22)13-30-16-7-5-4-6-8-16/h4-11,14,17,27H,12-13H2,1-3H3/t17-/m1/s1. The third-order valence-corrected chi connectivity index (χ3v) is 5.62. The lowest BCUT2D eigenvalue weighted by atomic mass is 9.96. The second-order valence-corrected chi connectivity index (χ2v) is 8.07. The molecule has 0 amide bonds. The van der Waals surface area contributed by atoms with Gasteiger partial charge < -0.3 is 14.3 Å². The number of nitrogens with zero attached hydrogens (tertiary/aromatic N) is 2. The van der Waals surface area contributed by atoms with Crippen LogP contribution in [0, 0.1) is 0 Å². The van der Waals surface area contributed by atoms with Crippen molar-refractivity contribution in [1.29, 1.82) is 0 Å². The molecule has 0 aliphatic rings. The molecule has 3 aromatic rings. The monoisotopic (exact) mass is 428 g/mol. The Morgan fingerprint density at radius 3 is 2.67 bits per heavy atom. The lowest BCUT2D eigenvalue weighted by molar-refractivity contribution is -0.141. The molecule has 0 aliphatic heterocycles. The molecule has 8 heteroatoms. The number of aromatic hydroxyl groups is 1. The largest absolute Gasteiger partial charge is 0.502 e. The fraction of sp³-hybridized carbons (Fsp3) is 0.318. The third-order valence-electron chi connectivity index (χ3n) is 4.59. The van der Waals surface area contributed by atoms with Crippen molar-refractivity contribution in [2.45, 2.75) is 42.9 Å². The van der Waals surface area contributed by atoms with Crippen molar-refractivity contribution in [2.24, 2.45) is 0 Å². The molecular formula is C22H24N2O5S. The topological polar surface area (TPSA) is 94.6 Å². The number of esters is 1. The summed E-state index contributed by atoms with van der Waals surface area (Å²) in [6.45, 7) is 3.91. The molecule has 0 spiro atoms. The number of rotatable bonds is 8. The first-order valence-electron chi connectivity index (χ1n) is 9.54. The molecule has 0 fully saturated rings. The van der Waals surface area contributed by atoms with Crippen LogP contribution in [-0.4, -0.2) is 28.0 Å². The van der Waals surface area contributed by atoms with Crippen LogP contribution < -0.4 is 5.43 Å². The number of methoxy groups -OCH3 is 1. The van der Waals surface area contributed by atoms with Gasteiger partial charge in [0.05, 0.1) is 30.9 Å². The molecule has 30 heavy (non-hydrogen) atoms. The third kappa shape index (κ3) is 4.94. The number of carbonyl (C=O) groups is 1. The van der Waals surface area contributed by atoms with E-state index in [0.717, 1.165) is 4.90 Å². The average molecular weight is 429 g/mol. The summed E-state index contributed by atoms with van der Waals surface area (Å²) in [5.41, 5.74) is 0.104. The van der Waals surface area contributed by atoms with E-state index in [-0.39, 0.29) is 18.2 Å². The lowest BCUT2D eigenvalue weighted by Gasteiger charge is -2.20. The van der Waals surface area contributed by atoms with Crippen molar-refractivity contribution in [3.05, 3.63) is 76.1 Å². The zero-order valence-electron chi connectivity index (χ0n) is 17.1. The van der Waals surface area contributed by atoms with Gasteiger partial charge in [0, 0.05) is 23.2 Å². The van der Waals surface area contributed by atoms with E-state index in [0.29, 0.717) is 17.2 Å². The van der Waals surface area contributed by atoms with Crippen molar-refractivity contribution in [1.82, 2.24) is 9.78 Å².